The lowest BCUT2D eigenvalue weighted by molar-refractivity contribution is 0.566. The molecule has 0 unspecified atom stereocenters. The van der Waals surface area contributed by atoms with Crippen LogP contribution in [0.3, 0.4) is 0 Å². The second-order valence-electron chi connectivity index (χ2n) is 1.51. The number of hydrazine groups is 1. The molecule has 2 nitrogen and oxygen atoms in total. The number of nitrogens with two attached hydrogens (primary N) is 1. The van der Waals surface area contributed by atoms with Gasteiger partial charge in [0.15, 0.2) is 0 Å². The van der Waals surface area contributed by atoms with E-state index < -0.39 is 0 Å². The summed E-state index contributed by atoms with van der Waals surface area (Å²) in [5, 5.41) is 0. The average Bonchev–Trinajstić information content (AvgIpc) is 1.87. The molecule has 0 amide bonds. The lowest BCUT2D eigenvalue weighted by atomic mass is 10.5. The molecule has 0 saturated heterocycles. The highest BCUT2D eigenvalue weighted by atomic mass is 32.2. The molecule has 3 heteroatoms. The van der Waals surface area contributed by atoms with E-state index in [1.165, 1.54) is 4.91 Å². The van der Waals surface area contributed by atoms with Crippen LogP contribution in [0.25, 0.3) is 0 Å². The Morgan fingerprint density at radius 2 is 2.71 bits per heavy atom. The van der Waals surface area contributed by atoms with E-state index in [1.807, 2.05) is 0 Å². The molecule has 7 heavy (non-hydrogen) atoms. The lowest BCUT2D eigenvalue weighted by Gasteiger charge is -2.01. The Balaban J connectivity index is 2.42. The van der Waals surface area contributed by atoms with Crippen molar-refractivity contribution in [1.82, 2.24) is 4.41 Å². The maximum atomic E-state index is 5.37. The average molecular weight is 116 g/mol. The molecule has 0 bridgehead atoms. The van der Waals surface area contributed by atoms with Crippen LogP contribution in [0, 0.1) is 0 Å². The molecule has 0 aliphatic carbocycles. The van der Waals surface area contributed by atoms with Crippen molar-refractivity contribution >= 4 is 11.9 Å². The summed E-state index contributed by atoms with van der Waals surface area (Å²) in [5.41, 5.74) is 0. The zero-order valence-corrected chi connectivity index (χ0v) is 5.03. The van der Waals surface area contributed by atoms with Crippen LogP contribution in [0.1, 0.15) is 6.92 Å². The van der Waals surface area contributed by atoms with E-state index in [4.69, 9.17) is 5.84 Å². The molecule has 0 aromatic carbocycles. The van der Waals surface area contributed by atoms with Crippen molar-refractivity contribution in [2.24, 2.45) is 5.84 Å². The highest BCUT2D eigenvalue weighted by Crippen LogP contribution is 2.21. The number of allylic oxidation sites excluding steroid dienone is 1. The SMILES string of the molecule is CC1=CCN(N)S1. The molecule has 1 rings (SSSR count). The Morgan fingerprint density at radius 1 is 2.00 bits per heavy atom. The van der Waals surface area contributed by atoms with Crippen LogP contribution in [0.5, 0.6) is 0 Å². The molecular formula is C4H8N2S. The van der Waals surface area contributed by atoms with Gasteiger partial charge in [0, 0.05) is 6.54 Å². The molecule has 0 saturated carbocycles. The molecule has 0 radical (unpaired) electrons. The van der Waals surface area contributed by atoms with E-state index in [2.05, 4.69) is 13.0 Å². The minimum absolute atomic E-state index is 0.885. The molecule has 0 fully saturated rings. The van der Waals surface area contributed by atoms with Gasteiger partial charge in [0.25, 0.3) is 0 Å². The van der Waals surface area contributed by atoms with Crippen LogP contribution in [-0.2, 0) is 0 Å². The highest BCUT2D eigenvalue weighted by molar-refractivity contribution is 8.01. The monoisotopic (exact) mass is 116 g/mol. The largest absolute Gasteiger partial charge is 0.258 e. The predicted molar refractivity (Wildman–Crippen MR) is 32.2 cm³/mol. The quantitative estimate of drug-likeness (QED) is 0.373. The van der Waals surface area contributed by atoms with Crippen molar-refractivity contribution in [3.8, 4) is 0 Å². The van der Waals surface area contributed by atoms with Gasteiger partial charge in [0.05, 0.1) is 0 Å². The number of rotatable bonds is 0. The normalized spacial score (nSPS) is 22.9. The van der Waals surface area contributed by atoms with Gasteiger partial charge in [0.1, 0.15) is 0 Å². The van der Waals surface area contributed by atoms with Crippen molar-refractivity contribution in [2.45, 2.75) is 6.92 Å². The smallest absolute Gasteiger partial charge is 0.0437 e. The highest BCUT2D eigenvalue weighted by Gasteiger charge is 2.04. The van der Waals surface area contributed by atoms with Crippen LogP contribution in [-0.4, -0.2) is 11.0 Å². The Hall–Kier alpha value is 0.0100. The van der Waals surface area contributed by atoms with Crippen molar-refractivity contribution in [3.63, 3.8) is 0 Å². The summed E-state index contributed by atoms with van der Waals surface area (Å²) < 4.78 is 1.70. The van der Waals surface area contributed by atoms with Crippen molar-refractivity contribution in [3.05, 3.63) is 11.0 Å². The van der Waals surface area contributed by atoms with Crippen molar-refractivity contribution in [2.75, 3.05) is 6.54 Å². The van der Waals surface area contributed by atoms with Gasteiger partial charge in [-0.25, -0.2) is 0 Å². The predicted octanol–water partition coefficient (Wildman–Crippen LogP) is 0.728. The van der Waals surface area contributed by atoms with Gasteiger partial charge in [-0.05, 0) is 23.8 Å². The van der Waals surface area contributed by atoms with Crippen LogP contribution in [0.4, 0.5) is 0 Å². The molecular weight excluding hydrogens is 108 g/mol. The standard InChI is InChI=1S/C4H8N2S/c1-4-2-3-6(5)7-4/h2H,3,5H2,1H3. The second-order valence-corrected chi connectivity index (χ2v) is 2.80. The molecule has 1 aliphatic heterocycles. The number of hydrogen-bond donors (Lipinski definition) is 1. The minimum atomic E-state index is 0.885. The molecule has 1 heterocycles. The summed E-state index contributed by atoms with van der Waals surface area (Å²) in [6.45, 7) is 2.94. The first-order valence-electron chi connectivity index (χ1n) is 2.16. The first kappa shape index (κ1) is 5.15. The van der Waals surface area contributed by atoms with Crippen molar-refractivity contribution < 1.29 is 0 Å². The molecule has 0 aromatic rings. The van der Waals surface area contributed by atoms with E-state index in [0.717, 1.165) is 6.54 Å². The summed E-state index contributed by atoms with van der Waals surface area (Å²) in [4.78, 5) is 1.29. The van der Waals surface area contributed by atoms with Gasteiger partial charge in [0.2, 0.25) is 0 Å². The fourth-order valence-corrected chi connectivity index (χ4v) is 1.15. The van der Waals surface area contributed by atoms with E-state index in [1.54, 1.807) is 16.4 Å². The third kappa shape index (κ3) is 1.19. The van der Waals surface area contributed by atoms with Crippen LogP contribution in [0.15, 0.2) is 11.0 Å². The molecule has 0 spiro atoms. The van der Waals surface area contributed by atoms with Gasteiger partial charge < -0.3 is 0 Å². The molecule has 0 atom stereocenters. The fraction of sp³-hybridized carbons (Fsp3) is 0.500. The molecule has 0 aromatic heterocycles. The van der Waals surface area contributed by atoms with E-state index in [-0.39, 0.29) is 0 Å². The first-order valence-corrected chi connectivity index (χ1v) is 2.93. The Morgan fingerprint density at radius 3 is 2.86 bits per heavy atom. The molecule has 40 valence electrons. The summed E-state index contributed by atoms with van der Waals surface area (Å²) >= 11 is 1.59. The Kier molecular flexibility index (Phi) is 1.37. The minimum Gasteiger partial charge on any atom is -0.258 e. The lowest BCUT2D eigenvalue weighted by Crippen LogP contribution is -2.19. The maximum Gasteiger partial charge on any atom is 0.0437 e. The summed E-state index contributed by atoms with van der Waals surface area (Å²) in [6.07, 6.45) is 2.10. The van der Waals surface area contributed by atoms with Crippen LogP contribution >= 0.6 is 11.9 Å². The van der Waals surface area contributed by atoms with Gasteiger partial charge in [-0.2, -0.15) is 4.41 Å². The number of hydrogen-bond acceptors (Lipinski definition) is 3. The van der Waals surface area contributed by atoms with E-state index in [9.17, 15) is 0 Å². The topological polar surface area (TPSA) is 29.3 Å². The third-order valence-electron chi connectivity index (χ3n) is 0.820. The maximum absolute atomic E-state index is 5.37. The summed E-state index contributed by atoms with van der Waals surface area (Å²) in [6, 6.07) is 0. The van der Waals surface area contributed by atoms with Crippen LogP contribution in [0.2, 0.25) is 0 Å². The molecule has 2 N–H and O–H groups in total. The zero-order chi connectivity index (χ0) is 5.28. The fourth-order valence-electron chi connectivity index (χ4n) is 0.478. The first-order chi connectivity index (χ1) is 3.29. The van der Waals surface area contributed by atoms with Crippen LogP contribution < -0.4 is 5.84 Å². The third-order valence-corrected chi connectivity index (χ3v) is 1.66. The Bertz CT molecular complexity index is 99.9. The van der Waals surface area contributed by atoms with Gasteiger partial charge >= 0.3 is 0 Å². The second kappa shape index (κ2) is 1.86. The van der Waals surface area contributed by atoms with Gasteiger partial charge in [-0.3, -0.25) is 5.84 Å². The Labute approximate surface area is 47.5 Å². The summed E-state index contributed by atoms with van der Waals surface area (Å²) in [5.74, 6) is 5.37. The number of nitrogens with zero attached hydrogens (tertiary/aromatic N) is 1. The zero-order valence-electron chi connectivity index (χ0n) is 4.22. The summed E-state index contributed by atoms with van der Waals surface area (Å²) in [7, 11) is 0. The van der Waals surface area contributed by atoms with Gasteiger partial charge in [-0.1, -0.05) is 6.08 Å². The molecule has 1 aliphatic rings. The van der Waals surface area contributed by atoms with Crippen molar-refractivity contribution in [1.29, 1.82) is 0 Å². The van der Waals surface area contributed by atoms with Gasteiger partial charge in [-0.15, -0.1) is 0 Å². The van der Waals surface area contributed by atoms with E-state index >= 15 is 0 Å². The van der Waals surface area contributed by atoms with E-state index in [0.29, 0.717) is 0 Å².